The molecule has 17 heavy (non-hydrogen) atoms. The van der Waals surface area contributed by atoms with E-state index in [9.17, 15) is 4.79 Å². The number of carboxylic acid groups (broad SMARTS) is 1. The van der Waals surface area contributed by atoms with Gasteiger partial charge in [-0.1, -0.05) is 22.9 Å². The van der Waals surface area contributed by atoms with Crippen LogP contribution in [0.1, 0.15) is 27.0 Å². The summed E-state index contributed by atoms with van der Waals surface area (Å²) >= 11 is 0. The molecule has 0 aliphatic rings. The van der Waals surface area contributed by atoms with E-state index in [1.54, 1.807) is 0 Å². The van der Waals surface area contributed by atoms with Gasteiger partial charge in [0.2, 0.25) is 0 Å². The third kappa shape index (κ3) is 1.93. The van der Waals surface area contributed by atoms with Crippen molar-refractivity contribution in [2.24, 2.45) is 0 Å². The summed E-state index contributed by atoms with van der Waals surface area (Å²) in [5.74, 6) is -1.03. The molecule has 1 heterocycles. The van der Waals surface area contributed by atoms with Gasteiger partial charge in [0.15, 0.2) is 0 Å². The number of rotatable bonds is 2. The van der Waals surface area contributed by atoms with E-state index in [0.717, 1.165) is 28.5 Å². The van der Waals surface area contributed by atoms with E-state index in [2.05, 4.69) is 5.16 Å². The van der Waals surface area contributed by atoms with E-state index >= 15 is 0 Å². The Bertz CT molecular complexity index is 561. The first-order chi connectivity index (χ1) is 8.00. The van der Waals surface area contributed by atoms with Gasteiger partial charge in [-0.25, -0.2) is 4.79 Å². The average Bonchev–Trinajstić information content (AvgIpc) is 2.64. The zero-order valence-corrected chi connectivity index (χ0v) is 9.94. The van der Waals surface area contributed by atoms with Gasteiger partial charge in [0.25, 0.3) is 0 Å². The molecular weight excluding hydrogens is 218 g/mol. The van der Waals surface area contributed by atoms with Crippen LogP contribution in [0, 0.1) is 20.8 Å². The lowest BCUT2D eigenvalue weighted by Gasteiger charge is -2.09. The molecule has 0 atom stereocenters. The zero-order chi connectivity index (χ0) is 12.6. The first-order valence-electron chi connectivity index (χ1n) is 5.26. The molecule has 1 aromatic carbocycles. The molecule has 0 spiro atoms. The van der Waals surface area contributed by atoms with E-state index < -0.39 is 5.97 Å². The monoisotopic (exact) mass is 231 g/mol. The van der Waals surface area contributed by atoms with Crippen molar-refractivity contribution < 1.29 is 14.4 Å². The molecule has 0 bridgehead atoms. The second kappa shape index (κ2) is 4.05. The van der Waals surface area contributed by atoms with Crippen LogP contribution in [0.2, 0.25) is 0 Å². The van der Waals surface area contributed by atoms with Gasteiger partial charge in [-0.2, -0.15) is 0 Å². The van der Waals surface area contributed by atoms with Crippen molar-refractivity contribution in [2.45, 2.75) is 20.8 Å². The van der Waals surface area contributed by atoms with Crippen molar-refractivity contribution in [3.63, 3.8) is 0 Å². The molecule has 2 rings (SSSR count). The standard InChI is InChI=1S/C13H13NO3/c1-7-4-8(2)11(9(3)5-7)12-10(13(15)16)6-17-14-12/h4-6H,1-3H3,(H,15,16). The molecule has 4 nitrogen and oxygen atoms in total. The maximum absolute atomic E-state index is 11.0. The van der Waals surface area contributed by atoms with Crippen LogP contribution in [-0.2, 0) is 0 Å². The molecular formula is C13H13NO3. The Hall–Kier alpha value is -2.10. The Balaban J connectivity index is 2.69. The highest BCUT2D eigenvalue weighted by Gasteiger charge is 2.19. The minimum absolute atomic E-state index is 0.0973. The minimum Gasteiger partial charge on any atom is -0.477 e. The van der Waals surface area contributed by atoms with E-state index in [1.165, 1.54) is 0 Å². The van der Waals surface area contributed by atoms with Crippen molar-refractivity contribution in [1.29, 1.82) is 0 Å². The Kier molecular flexibility index (Phi) is 2.71. The molecule has 88 valence electrons. The largest absolute Gasteiger partial charge is 0.477 e. The van der Waals surface area contributed by atoms with Crippen LogP contribution in [-0.4, -0.2) is 16.2 Å². The third-order valence-electron chi connectivity index (χ3n) is 2.71. The lowest BCUT2D eigenvalue weighted by atomic mass is 9.95. The van der Waals surface area contributed by atoms with Crippen LogP contribution in [0.3, 0.4) is 0 Å². The highest BCUT2D eigenvalue weighted by molar-refractivity contribution is 5.95. The fourth-order valence-corrected chi connectivity index (χ4v) is 2.12. The summed E-state index contributed by atoms with van der Waals surface area (Å²) in [6, 6.07) is 4.01. The fourth-order valence-electron chi connectivity index (χ4n) is 2.12. The summed E-state index contributed by atoms with van der Waals surface area (Å²) in [6.45, 7) is 5.88. The van der Waals surface area contributed by atoms with Crippen LogP contribution >= 0.6 is 0 Å². The zero-order valence-electron chi connectivity index (χ0n) is 9.94. The molecule has 0 aliphatic carbocycles. The van der Waals surface area contributed by atoms with Gasteiger partial charge in [-0.15, -0.1) is 0 Å². The van der Waals surface area contributed by atoms with E-state index in [0.29, 0.717) is 5.69 Å². The smallest absolute Gasteiger partial charge is 0.341 e. The summed E-state index contributed by atoms with van der Waals surface area (Å²) in [7, 11) is 0. The molecule has 0 aliphatic heterocycles. The number of hydrogen-bond donors (Lipinski definition) is 1. The highest BCUT2D eigenvalue weighted by Crippen LogP contribution is 2.29. The summed E-state index contributed by atoms with van der Waals surface area (Å²) < 4.78 is 4.77. The molecule has 0 unspecified atom stereocenters. The quantitative estimate of drug-likeness (QED) is 0.863. The maximum atomic E-state index is 11.0. The van der Waals surface area contributed by atoms with Gasteiger partial charge >= 0.3 is 5.97 Å². The Morgan fingerprint density at radius 1 is 1.24 bits per heavy atom. The molecule has 1 aromatic heterocycles. The Morgan fingerprint density at radius 3 is 2.35 bits per heavy atom. The van der Waals surface area contributed by atoms with E-state index in [1.807, 2.05) is 32.9 Å². The van der Waals surface area contributed by atoms with Crippen LogP contribution in [0.15, 0.2) is 22.9 Å². The second-order valence-electron chi connectivity index (χ2n) is 4.16. The lowest BCUT2D eigenvalue weighted by Crippen LogP contribution is -1.99. The summed E-state index contributed by atoms with van der Waals surface area (Å²) in [4.78, 5) is 11.0. The van der Waals surface area contributed by atoms with Crippen molar-refractivity contribution in [3.8, 4) is 11.3 Å². The number of aromatic nitrogens is 1. The number of nitrogens with zero attached hydrogens (tertiary/aromatic N) is 1. The van der Waals surface area contributed by atoms with E-state index in [-0.39, 0.29) is 5.56 Å². The summed E-state index contributed by atoms with van der Waals surface area (Å²) in [5.41, 5.74) is 4.47. The summed E-state index contributed by atoms with van der Waals surface area (Å²) in [6.07, 6.45) is 1.16. The van der Waals surface area contributed by atoms with Crippen LogP contribution in [0.4, 0.5) is 0 Å². The summed E-state index contributed by atoms with van der Waals surface area (Å²) in [5, 5.41) is 12.9. The number of hydrogen-bond acceptors (Lipinski definition) is 3. The van der Waals surface area contributed by atoms with Crippen LogP contribution in [0.25, 0.3) is 11.3 Å². The number of benzene rings is 1. The third-order valence-corrected chi connectivity index (χ3v) is 2.71. The van der Waals surface area contributed by atoms with Crippen molar-refractivity contribution in [1.82, 2.24) is 5.16 Å². The predicted molar refractivity (Wildman–Crippen MR) is 63.1 cm³/mol. The molecule has 0 radical (unpaired) electrons. The number of carbonyl (C=O) groups is 1. The Morgan fingerprint density at radius 2 is 1.82 bits per heavy atom. The van der Waals surface area contributed by atoms with Gasteiger partial charge < -0.3 is 9.63 Å². The molecule has 0 amide bonds. The minimum atomic E-state index is -1.03. The van der Waals surface area contributed by atoms with Gasteiger partial charge in [-0.05, 0) is 31.9 Å². The SMILES string of the molecule is Cc1cc(C)c(-c2nocc2C(=O)O)c(C)c1. The molecule has 0 fully saturated rings. The van der Waals surface area contributed by atoms with Crippen molar-refractivity contribution in [2.75, 3.05) is 0 Å². The lowest BCUT2D eigenvalue weighted by molar-refractivity contribution is 0.0697. The number of aromatic carboxylic acids is 1. The highest BCUT2D eigenvalue weighted by atomic mass is 16.5. The van der Waals surface area contributed by atoms with Gasteiger partial charge in [0.1, 0.15) is 17.5 Å². The predicted octanol–water partition coefficient (Wildman–Crippen LogP) is 2.97. The molecule has 2 aromatic rings. The number of aryl methyl sites for hydroxylation is 3. The maximum Gasteiger partial charge on any atom is 0.341 e. The Labute approximate surface area is 98.9 Å². The van der Waals surface area contributed by atoms with Crippen LogP contribution < -0.4 is 0 Å². The average molecular weight is 231 g/mol. The molecule has 1 N–H and O–H groups in total. The van der Waals surface area contributed by atoms with Crippen LogP contribution in [0.5, 0.6) is 0 Å². The molecule has 0 saturated heterocycles. The van der Waals surface area contributed by atoms with Crippen molar-refractivity contribution in [3.05, 3.63) is 40.6 Å². The second-order valence-corrected chi connectivity index (χ2v) is 4.16. The number of carboxylic acids is 1. The normalized spacial score (nSPS) is 10.5. The molecule has 4 heteroatoms. The van der Waals surface area contributed by atoms with Crippen molar-refractivity contribution >= 4 is 5.97 Å². The topological polar surface area (TPSA) is 63.3 Å². The first-order valence-corrected chi connectivity index (χ1v) is 5.26. The van der Waals surface area contributed by atoms with Gasteiger partial charge in [-0.3, -0.25) is 0 Å². The first kappa shape index (κ1) is 11.4. The van der Waals surface area contributed by atoms with Gasteiger partial charge in [0, 0.05) is 5.56 Å². The van der Waals surface area contributed by atoms with Gasteiger partial charge in [0.05, 0.1) is 0 Å². The van der Waals surface area contributed by atoms with E-state index in [4.69, 9.17) is 9.63 Å². The molecule has 0 saturated carbocycles. The fraction of sp³-hybridized carbons (Fsp3) is 0.231.